The Bertz CT molecular complexity index is 2150. The van der Waals surface area contributed by atoms with Crippen molar-refractivity contribution < 1.29 is 21.8 Å². The van der Waals surface area contributed by atoms with Crippen molar-refractivity contribution in [1.29, 1.82) is 0 Å². The molecule has 0 aromatic heterocycles. The van der Waals surface area contributed by atoms with Gasteiger partial charge in [-0.3, -0.25) is 10.1 Å². The largest absolute Gasteiger partial charge is 0.289 e. The first-order valence-corrected chi connectivity index (χ1v) is 17.0. The van der Waals surface area contributed by atoms with E-state index in [-0.39, 0.29) is 29.5 Å². The topological polar surface area (TPSA) is 115 Å². The van der Waals surface area contributed by atoms with Crippen LogP contribution in [-0.4, -0.2) is 39.2 Å². The number of nitro groups is 1. The van der Waals surface area contributed by atoms with Crippen LogP contribution < -0.4 is 0 Å². The van der Waals surface area contributed by atoms with Crippen LogP contribution in [0.2, 0.25) is 0 Å². The minimum atomic E-state index is -4.24. The number of sulfone groups is 1. The normalized spacial score (nSPS) is 16.4. The monoisotopic (exact) mass is 610 g/mol. The van der Waals surface area contributed by atoms with Gasteiger partial charge in [-0.05, 0) is 70.1 Å². The summed E-state index contributed by atoms with van der Waals surface area (Å²) in [6, 6.07) is 20.5. The van der Waals surface area contributed by atoms with Gasteiger partial charge in [0.15, 0.2) is 14.7 Å². The van der Waals surface area contributed by atoms with E-state index in [0.717, 1.165) is 38.6 Å². The van der Waals surface area contributed by atoms with Gasteiger partial charge in [0, 0.05) is 30.2 Å². The third-order valence-electron chi connectivity index (χ3n) is 7.66. The first kappa shape index (κ1) is 28.6. The van der Waals surface area contributed by atoms with Crippen molar-refractivity contribution in [2.45, 2.75) is 35.7 Å². The molecule has 0 amide bonds. The summed E-state index contributed by atoms with van der Waals surface area (Å²) in [5, 5.41) is 13.4. The zero-order valence-electron chi connectivity index (χ0n) is 23.0. The summed E-state index contributed by atoms with van der Waals surface area (Å²) < 4.78 is 54.2. The van der Waals surface area contributed by atoms with Gasteiger partial charge in [0.05, 0.1) is 23.0 Å². The van der Waals surface area contributed by atoms with Gasteiger partial charge in [-0.2, -0.15) is 4.31 Å². The molecule has 2 aliphatic heterocycles. The lowest BCUT2D eigenvalue weighted by Gasteiger charge is -2.20. The van der Waals surface area contributed by atoms with E-state index >= 15 is 0 Å². The highest BCUT2D eigenvalue weighted by Gasteiger charge is 2.32. The Morgan fingerprint density at radius 3 is 2.42 bits per heavy atom. The number of benzene rings is 4. The van der Waals surface area contributed by atoms with E-state index in [1.807, 2.05) is 48.5 Å². The first-order chi connectivity index (χ1) is 20.7. The second-order valence-corrected chi connectivity index (χ2v) is 14.5. The fraction of sp³-hybridized carbons (Fsp3) is 0.212. The smallest absolute Gasteiger partial charge is 0.258 e. The van der Waals surface area contributed by atoms with Crippen LogP contribution in [0.3, 0.4) is 0 Å². The number of sulfonamides is 1. The zero-order valence-corrected chi connectivity index (χ0v) is 24.7. The van der Waals surface area contributed by atoms with Crippen molar-refractivity contribution in [3.63, 3.8) is 0 Å². The second-order valence-electron chi connectivity index (χ2n) is 10.5. The molecule has 8 nitrogen and oxygen atoms in total. The highest BCUT2D eigenvalue weighted by Crippen LogP contribution is 2.42. The summed E-state index contributed by atoms with van der Waals surface area (Å²) in [7, 11) is -7.57. The van der Waals surface area contributed by atoms with Gasteiger partial charge < -0.3 is 0 Å². The molecule has 0 spiro atoms. The Balaban J connectivity index is 1.52. The molecule has 0 saturated carbocycles. The number of rotatable bonds is 3. The van der Waals surface area contributed by atoms with Crippen LogP contribution >= 0.6 is 0 Å². The van der Waals surface area contributed by atoms with Crippen LogP contribution in [0.1, 0.15) is 41.5 Å². The molecular weight excluding hydrogens is 585 g/mol. The summed E-state index contributed by atoms with van der Waals surface area (Å²) >= 11 is 0. The maximum Gasteiger partial charge on any atom is 0.289 e. The molecular formula is C33H26N2O6S2. The predicted molar refractivity (Wildman–Crippen MR) is 165 cm³/mol. The molecule has 4 bridgehead atoms. The highest BCUT2D eigenvalue weighted by molar-refractivity contribution is 7.90. The number of nitro benzene ring substituents is 1. The molecule has 0 fully saturated rings. The van der Waals surface area contributed by atoms with Gasteiger partial charge in [0.1, 0.15) is 0 Å². The summed E-state index contributed by atoms with van der Waals surface area (Å²) in [4.78, 5) is 10.6. The molecule has 0 unspecified atom stereocenters. The van der Waals surface area contributed by atoms with Gasteiger partial charge in [0.2, 0.25) is 0 Å². The van der Waals surface area contributed by atoms with E-state index < -0.39 is 30.5 Å². The molecule has 10 heteroatoms. The first-order valence-electron chi connectivity index (χ1n) is 13.7. The van der Waals surface area contributed by atoms with Crippen LogP contribution in [0.4, 0.5) is 5.69 Å². The van der Waals surface area contributed by atoms with Crippen molar-refractivity contribution >= 4 is 36.3 Å². The number of para-hydroxylation sites is 1. The Labute approximate surface area is 250 Å². The van der Waals surface area contributed by atoms with E-state index in [9.17, 15) is 26.9 Å². The predicted octanol–water partition coefficient (Wildman–Crippen LogP) is 5.42. The summed E-state index contributed by atoms with van der Waals surface area (Å²) in [6.07, 6.45) is 1.60. The Morgan fingerprint density at radius 1 is 0.837 bits per heavy atom. The van der Waals surface area contributed by atoms with Crippen molar-refractivity contribution in [3.05, 3.63) is 105 Å². The average Bonchev–Trinajstić information content (AvgIpc) is 3.30. The molecule has 0 N–H and O–H groups in total. The molecule has 0 radical (unpaired) electrons. The molecule has 6 rings (SSSR count). The van der Waals surface area contributed by atoms with Crippen LogP contribution in [0.15, 0.2) is 77.7 Å². The van der Waals surface area contributed by atoms with Crippen molar-refractivity contribution in [2.75, 3.05) is 13.1 Å². The molecule has 43 heavy (non-hydrogen) atoms. The fourth-order valence-corrected chi connectivity index (χ4v) is 8.83. The minimum absolute atomic E-state index is 0.0423. The van der Waals surface area contributed by atoms with Gasteiger partial charge >= 0.3 is 0 Å². The lowest BCUT2D eigenvalue weighted by Crippen LogP contribution is -2.33. The Hall–Kier alpha value is -4.48. The summed E-state index contributed by atoms with van der Waals surface area (Å²) in [5.74, 6) is 12.5. The van der Waals surface area contributed by atoms with E-state index in [0.29, 0.717) is 24.8 Å². The summed E-state index contributed by atoms with van der Waals surface area (Å²) in [5.41, 5.74) is 3.96. The summed E-state index contributed by atoms with van der Waals surface area (Å²) in [6.45, 7) is -0.0626. The molecule has 2 heterocycles. The third-order valence-corrected chi connectivity index (χ3v) is 11.0. The van der Waals surface area contributed by atoms with Crippen LogP contribution in [0.5, 0.6) is 0 Å². The molecule has 4 aromatic carbocycles. The molecule has 0 atom stereocenters. The number of hydrogen-bond acceptors (Lipinski definition) is 6. The minimum Gasteiger partial charge on any atom is -0.258 e. The van der Waals surface area contributed by atoms with Crippen molar-refractivity contribution in [2.24, 2.45) is 0 Å². The average molecular weight is 611 g/mol. The quantitative estimate of drug-likeness (QED) is 0.174. The van der Waals surface area contributed by atoms with E-state index in [2.05, 4.69) is 23.7 Å². The Morgan fingerprint density at radius 2 is 1.58 bits per heavy atom. The molecule has 0 saturated heterocycles. The second kappa shape index (κ2) is 11.3. The van der Waals surface area contributed by atoms with Gasteiger partial charge in [-0.15, -0.1) is 0 Å². The number of nitrogens with zero attached hydrogens (tertiary/aromatic N) is 2. The molecule has 4 aromatic rings. The van der Waals surface area contributed by atoms with Crippen LogP contribution in [0, 0.1) is 33.8 Å². The number of fused-ring (bicyclic) bond motifs is 4. The molecule has 216 valence electrons. The maximum absolute atomic E-state index is 13.7. The standard InChI is InChI=1S/C33H26N2O6S2/c36-35(37)31-17-6-7-18-32(31)43(40,41)34-19-8-2-1-3-11-25-13-9-16-28-29(25)21-26-22-42(38,39)23-30(26)33(28)27-15-5-4-12-24(27)14-10-20-34/h4-7,9,12-13,15-18,21H,1-2,8,19-20,22-23H2. The van der Waals surface area contributed by atoms with Gasteiger partial charge in [0.25, 0.3) is 15.7 Å². The number of hydrogen-bond donors (Lipinski definition) is 0. The molecule has 2 aliphatic rings. The van der Waals surface area contributed by atoms with Crippen molar-refractivity contribution in [3.8, 4) is 34.8 Å². The third kappa shape index (κ3) is 5.53. The SMILES string of the molecule is O=[N+]([O-])c1ccccc1S(=O)(=O)N1CC#Cc2ccccc2-c2c3c(cc4c(cccc24)C#CCCCC1)CS(=O)(=O)C3. The fourth-order valence-electron chi connectivity index (χ4n) is 5.68. The Kier molecular flexibility index (Phi) is 7.53. The van der Waals surface area contributed by atoms with E-state index in [4.69, 9.17) is 0 Å². The highest BCUT2D eigenvalue weighted by atomic mass is 32.2. The van der Waals surface area contributed by atoms with E-state index in [1.165, 1.54) is 28.6 Å². The van der Waals surface area contributed by atoms with Crippen LogP contribution in [0.25, 0.3) is 21.9 Å². The zero-order chi connectivity index (χ0) is 30.2. The lowest BCUT2D eigenvalue weighted by atomic mass is 9.87. The van der Waals surface area contributed by atoms with Gasteiger partial charge in [-0.25, -0.2) is 16.8 Å². The van der Waals surface area contributed by atoms with Gasteiger partial charge in [-0.1, -0.05) is 66.1 Å². The lowest BCUT2D eigenvalue weighted by molar-refractivity contribution is -0.387. The maximum atomic E-state index is 13.7. The van der Waals surface area contributed by atoms with E-state index in [1.54, 1.807) is 0 Å². The molecule has 0 aliphatic carbocycles. The van der Waals surface area contributed by atoms with Crippen molar-refractivity contribution in [1.82, 2.24) is 4.31 Å². The van der Waals surface area contributed by atoms with Crippen LogP contribution in [-0.2, 0) is 31.4 Å².